The van der Waals surface area contributed by atoms with E-state index in [0.29, 0.717) is 19.3 Å². The van der Waals surface area contributed by atoms with Crippen LogP contribution in [0.3, 0.4) is 0 Å². The number of nitrogens with zero attached hydrogens (tertiary/aromatic N) is 3. The van der Waals surface area contributed by atoms with Gasteiger partial charge >= 0.3 is 0 Å². The molecule has 182 valence electrons. The molecule has 1 spiro atoms. The number of likely N-dealkylation sites (N-methyl/N-ethyl adjacent to an activating group) is 1. The maximum atomic E-state index is 13.9. The molecule has 0 aliphatic carbocycles. The van der Waals surface area contributed by atoms with Gasteiger partial charge in [0.15, 0.2) is 0 Å². The summed E-state index contributed by atoms with van der Waals surface area (Å²) in [6, 6.07) is 18.1. The highest BCUT2D eigenvalue weighted by Gasteiger charge is 2.56. The Morgan fingerprint density at radius 2 is 1.86 bits per heavy atom. The molecule has 0 aromatic heterocycles. The molecular weight excluding hydrogens is 440 g/mol. The van der Waals surface area contributed by atoms with Gasteiger partial charge in [-0.25, -0.2) is 0 Å². The first-order chi connectivity index (χ1) is 16.8. The van der Waals surface area contributed by atoms with Crippen LogP contribution in [0.4, 0.5) is 5.69 Å². The zero-order valence-corrected chi connectivity index (χ0v) is 20.5. The van der Waals surface area contributed by atoms with Crippen LogP contribution in [0.5, 0.6) is 0 Å². The Morgan fingerprint density at radius 1 is 1.17 bits per heavy atom. The van der Waals surface area contributed by atoms with Crippen molar-refractivity contribution >= 4 is 23.4 Å². The summed E-state index contributed by atoms with van der Waals surface area (Å²) in [6.45, 7) is 4.15. The molecular formula is C28H32N4O3. The first-order valence-corrected chi connectivity index (χ1v) is 12.2. The highest BCUT2D eigenvalue weighted by molar-refractivity contribution is 6.07. The van der Waals surface area contributed by atoms with Gasteiger partial charge in [-0.2, -0.15) is 5.26 Å². The molecule has 0 radical (unpaired) electrons. The summed E-state index contributed by atoms with van der Waals surface area (Å²) in [5.74, 6) is -0.392. The van der Waals surface area contributed by atoms with Crippen molar-refractivity contribution in [3.63, 3.8) is 0 Å². The van der Waals surface area contributed by atoms with Gasteiger partial charge in [0, 0.05) is 32.1 Å². The fraction of sp³-hybridized carbons (Fsp3) is 0.429. The lowest BCUT2D eigenvalue weighted by atomic mass is 9.80. The molecule has 2 aromatic carbocycles. The van der Waals surface area contributed by atoms with Crippen molar-refractivity contribution in [1.82, 2.24) is 9.80 Å². The maximum Gasteiger partial charge on any atom is 0.246 e. The summed E-state index contributed by atoms with van der Waals surface area (Å²) in [4.78, 5) is 43.1. The third kappa shape index (κ3) is 4.66. The molecule has 0 unspecified atom stereocenters. The molecule has 1 N–H and O–H groups in total. The van der Waals surface area contributed by atoms with E-state index in [1.807, 2.05) is 68.4 Å². The van der Waals surface area contributed by atoms with Crippen LogP contribution in [0.2, 0.25) is 0 Å². The van der Waals surface area contributed by atoms with Gasteiger partial charge in [0.05, 0.1) is 11.5 Å². The fourth-order valence-electron chi connectivity index (χ4n) is 5.29. The number of benzene rings is 2. The van der Waals surface area contributed by atoms with E-state index in [0.717, 1.165) is 16.8 Å². The van der Waals surface area contributed by atoms with Crippen LogP contribution in [0.1, 0.15) is 44.2 Å². The predicted molar refractivity (Wildman–Crippen MR) is 133 cm³/mol. The first-order valence-electron chi connectivity index (χ1n) is 12.2. The maximum absolute atomic E-state index is 13.9. The number of para-hydroxylation sites is 1. The number of anilines is 1. The number of amides is 3. The molecule has 3 amide bonds. The average molecular weight is 473 g/mol. The molecule has 1 saturated heterocycles. The van der Waals surface area contributed by atoms with Crippen LogP contribution in [0.15, 0.2) is 54.6 Å². The number of hydrogen-bond donors (Lipinski definition) is 1. The van der Waals surface area contributed by atoms with Gasteiger partial charge in [0.25, 0.3) is 0 Å². The van der Waals surface area contributed by atoms with Gasteiger partial charge in [-0.3, -0.25) is 14.4 Å². The number of hydrogen-bond acceptors (Lipinski definition) is 4. The molecule has 0 bridgehead atoms. The lowest BCUT2D eigenvalue weighted by Gasteiger charge is -2.33. The van der Waals surface area contributed by atoms with Crippen LogP contribution in [-0.2, 0) is 26.2 Å². The van der Waals surface area contributed by atoms with Crippen molar-refractivity contribution in [3.8, 4) is 6.07 Å². The number of carbonyl (C=O) groups excluding carboxylic acids is 3. The normalized spacial score (nSPS) is 21.5. The Hall–Kier alpha value is -3.66. The second-order valence-electron chi connectivity index (χ2n) is 10.0. The quantitative estimate of drug-likeness (QED) is 0.667. The number of nitrogens with one attached hydrogen (secondary N) is 1. The van der Waals surface area contributed by atoms with E-state index in [2.05, 4.69) is 11.4 Å². The van der Waals surface area contributed by atoms with E-state index < -0.39 is 17.5 Å². The second kappa shape index (κ2) is 9.91. The number of rotatable bonds is 7. The van der Waals surface area contributed by atoms with Crippen molar-refractivity contribution in [3.05, 3.63) is 65.7 Å². The molecule has 0 saturated carbocycles. The largest absolute Gasteiger partial charge is 0.334 e. The summed E-state index contributed by atoms with van der Waals surface area (Å²) in [5.41, 5.74) is 1.69. The Balaban J connectivity index is 1.56. The predicted octanol–water partition coefficient (Wildman–Crippen LogP) is 3.51. The van der Waals surface area contributed by atoms with Crippen molar-refractivity contribution in [2.45, 2.75) is 57.0 Å². The number of aryl methyl sites for hydroxylation is 1. The number of likely N-dealkylation sites (tertiary alicyclic amines) is 1. The van der Waals surface area contributed by atoms with Crippen molar-refractivity contribution in [1.29, 1.82) is 5.26 Å². The molecule has 7 nitrogen and oxygen atoms in total. The summed E-state index contributed by atoms with van der Waals surface area (Å²) in [5, 5.41) is 12.8. The van der Waals surface area contributed by atoms with Crippen molar-refractivity contribution in [2.75, 3.05) is 18.9 Å². The minimum Gasteiger partial charge on any atom is -0.334 e. The van der Waals surface area contributed by atoms with Gasteiger partial charge < -0.3 is 15.1 Å². The van der Waals surface area contributed by atoms with Crippen molar-refractivity contribution in [2.24, 2.45) is 5.92 Å². The number of fused-ring (bicyclic) bond motifs is 2. The molecule has 4 rings (SSSR count). The first kappa shape index (κ1) is 24.5. The molecule has 1 fully saturated rings. The van der Waals surface area contributed by atoms with Gasteiger partial charge in [-0.05, 0) is 36.0 Å². The molecule has 3 atom stereocenters. The van der Waals surface area contributed by atoms with Crippen LogP contribution < -0.4 is 5.32 Å². The summed E-state index contributed by atoms with van der Waals surface area (Å²) in [7, 11) is 1.67. The van der Waals surface area contributed by atoms with Crippen LogP contribution in [-0.4, -0.2) is 53.2 Å². The van der Waals surface area contributed by atoms with E-state index in [9.17, 15) is 19.6 Å². The van der Waals surface area contributed by atoms with E-state index in [4.69, 9.17) is 0 Å². The van der Waals surface area contributed by atoms with Gasteiger partial charge in [-0.1, -0.05) is 62.4 Å². The topological polar surface area (TPSA) is 93.5 Å². The third-order valence-electron chi connectivity index (χ3n) is 7.23. The standard InChI is InChI=1S/C28H32N4O3/c1-19(2)15-24(31(3)25(33)14-13-20-9-5-4-6-10-20)26(34)32-18-28(16-21(32)17-29)22-11-7-8-12-23(22)30-27(28)35/h4-12,19,21,24H,13-16,18H2,1-3H3,(H,30,35)/t21-,24-,28-/m0/s1. The van der Waals surface area contributed by atoms with E-state index in [-0.39, 0.29) is 36.6 Å². The summed E-state index contributed by atoms with van der Waals surface area (Å²) < 4.78 is 0. The van der Waals surface area contributed by atoms with Gasteiger partial charge in [0.2, 0.25) is 17.7 Å². The highest BCUT2D eigenvalue weighted by Crippen LogP contribution is 2.46. The highest BCUT2D eigenvalue weighted by atomic mass is 16.2. The van der Waals surface area contributed by atoms with Crippen LogP contribution in [0.25, 0.3) is 0 Å². The smallest absolute Gasteiger partial charge is 0.246 e. The molecule has 2 aliphatic rings. The SMILES string of the molecule is CC(C)C[C@@H](C(=O)N1C[C@]2(C[C@H]1C#N)C(=O)Nc1ccccc12)N(C)C(=O)CCc1ccccc1. The Bertz CT molecular complexity index is 1160. The minimum absolute atomic E-state index is 0.112. The molecule has 35 heavy (non-hydrogen) atoms. The Morgan fingerprint density at radius 3 is 2.54 bits per heavy atom. The van der Waals surface area contributed by atoms with Gasteiger partial charge in [0.1, 0.15) is 12.1 Å². The van der Waals surface area contributed by atoms with Crippen molar-refractivity contribution < 1.29 is 14.4 Å². The monoisotopic (exact) mass is 472 g/mol. The lowest BCUT2D eigenvalue weighted by molar-refractivity contribution is -0.145. The summed E-state index contributed by atoms with van der Waals surface area (Å²) >= 11 is 0. The molecule has 2 aromatic rings. The lowest BCUT2D eigenvalue weighted by Crippen LogP contribution is -2.52. The minimum atomic E-state index is -0.940. The molecule has 2 aliphatic heterocycles. The van der Waals surface area contributed by atoms with Crippen LogP contribution >= 0.6 is 0 Å². The van der Waals surface area contributed by atoms with E-state index in [1.165, 1.54) is 9.80 Å². The second-order valence-corrected chi connectivity index (χ2v) is 10.0. The fourth-order valence-corrected chi connectivity index (χ4v) is 5.29. The Labute approximate surface area is 206 Å². The summed E-state index contributed by atoms with van der Waals surface area (Å²) in [6.07, 6.45) is 1.62. The van der Waals surface area contributed by atoms with E-state index in [1.54, 1.807) is 7.05 Å². The number of carbonyl (C=O) groups is 3. The molecule has 7 heteroatoms. The third-order valence-corrected chi connectivity index (χ3v) is 7.23. The Kier molecular flexibility index (Phi) is 6.93. The molecule has 2 heterocycles. The van der Waals surface area contributed by atoms with Gasteiger partial charge in [-0.15, -0.1) is 0 Å². The zero-order valence-electron chi connectivity index (χ0n) is 20.5. The average Bonchev–Trinajstić information content (AvgIpc) is 3.39. The van der Waals surface area contributed by atoms with E-state index >= 15 is 0 Å². The zero-order chi connectivity index (χ0) is 25.2. The number of nitriles is 1. The van der Waals surface area contributed by atoms with Crippen LogP contribution in [0, 0.1) is 17.2 Å².